The van der Waals surface area contributed by atoms with E-state index in [2.05, 4.69) is 33.5 Å². The van der Waals surface area contributed by atoms with Crippen LogP contribution in [0, 0.1) is 0 Å². The molecular formula is C17H18N4O. The highest BCUT2D eigenvalue weighted by molar-refractivity contribution is 5.95. The number of nitrogens with zero attached hydrogens (tertiary/aromatic N) is 2. The van der Waals surface area contributed by atoms with Crippen LogP contribution >= 0.6 is 0 Å². The van der Waals surface area contributed by atoms with Crippen LogP contribution in [0.2, 0.25) is 0 Å². The molecule has 0 amide bonds. The maximum absolute atomic E-state index is 5.89. The number of hydrogen-bond donors (Lipinski definition) is 2. The van der Waals surface area contributed by atoms with E-state index in [1.165, 1.54) is 5.39 Å². The van der Waals surface area contributed by atoms with Crippen molar-refractivity contribution in [1.82, 2.24) is 9.97 Å². The number of nitrogens with one attached hydrogen (secondary N) is 1. The largest absolute Gasteiger partial charge is 0.383 e. The van der Waals surface area contributed by atoms with Gasteiger partial charge in [0.1, 0.15) is 0 Å². The monoisotopic (exact) mass is 294 g/mol. The number of nitrogens with two attached hydrogens (primary N) is 1. The van der Waals surface area contributed by atoms with Crippen molar-refractivity contribution >= 4 is 22.4 Å². The molecule has 2 aromatic carbocycles. The first-order valence-corrected chi connectivity index (χ1v) is 7.13. The zero-order valence-electron chi connectivity index (χ0n) is 12.4. The van der Waals surface area contributed by atoms with Crippen molar-refractivity contribution in [3.05, 3.63) is 48.7 Å². The summed E-state index contributed by atoms with van der Waals surface area (Å²) in [5.74, 6) is 0.975. The molecule has 1 aromatic heterocycles. The van der Waals surface area contributed by atoms with E-state index >= 15 is 0 Å². The Hall–Kier alpha value is -2.66. The fraction of sp³-hybridized carbons (Fsp3) is 0.176. The van der Waals surface area contributed by atoms with E-state index in [4.69, 9.17) is 10.5 Å². The molecular weight excluding hydrogens is 276 g/mol. The van der Waals surface area contributed by atoms with Gasteiger partial charge in [-0.05, 0) is 10.8 Å². The summed E-state index contributed by atoms with van der Waals surface area (Å²) in [6.07, 6.45) is 1.71. The van der Waals surface area contributed by atoms with E-state index in [-0.39, 0.29) is 0 Å². The summed E-state index contributed by atoms with van der Waals surface area (Å²) in [5, 5.41) is 5.47. The molecule has 0 fully saturated rings. The molecule has 0 aliphatic heterocycles. The maximum atomic E-state index is 5.89. The first kappa shape index (κ1) is 14.3. The predicted octanol–water partition coefficient (Wildman–Crippen LogP) is 2.94. The second kappa shape index (κ2) is 6.41. The highest BCUT2D eigenvalue weighted by Gasteiger charge is 2.09. The lowest BCUT2D eigenvalue weighted by molar-refractivity contribution is 0.210. The van der Waals surface area contributed by atoms with Gasteiger partial charge in [-0.1, -0.05) is 42.5 Å². The van der Waals surface area contributed by atoms with Crippen LogP contribution in [0.4, 0.5) is 11.6 Å². The van der Waals surface area contributed by atoms with Gasteiger partial charge in [-0.25, -0.2) is 9.97 Å². The zero-order chi connectivity index (χ0) is 15.4. The highest BCUT2D eigenvalue weighted by Crippen LogP contribution is 2.28. The third-order valence-electron chi connectivity index (χ3n) is 3.47. The first-order valence-electron chi connectivity index (χ1n) is 7.13. The van der Waals surface area contributed by atoms with Gasteiger partial charge in [-0.3, -0.25) is 0 Å². The number of ether oxygens (including phenoxy) is 1. The van der Waals surface area contributed by atoms with E-state index in [1.807, 2.05) is 24.3 Å². The van der Waals surface area contributed by atoms with Crippen LogP contribution < -0.4 is 11.1 Å². The molecule has 3 aromatic rings. The molecule has 3 N–H and O–H groups in total. The normalized spacial score (nSPS) is 10.8. The highest BCUT2D eigenvalue weighted by atomic mass is 16.5. The predicted molar refractivity (Wildman–Crippen MR) is 89.8 cm³/mol. The number of methoxy groups -OCH3 is 1. The number of fused-ring (bicyclic) bond motifs is 1. The lowest BCUT2D eigenvalue weighted by atomic mass is 10.0. The summed E-state index contributed by atoms with van der Waals surface area (Å²) in [6, 6.07) is 14.4. The van der Waals surface area contributed by atoms with Gasteiger partial charge in [0.25, 0.3) is 0 Å². The van der Waals surface area contributed by atoms with Crippen molar-refractivity contribution in [3.8, 4) is 11.3 Å². The molecule has 1 heterocycles. The Balaban J connectivity index is 2.02. The van der Waals surface area contributed by atoms with Gasteiger partial charge in [0.2, 0.25) is 0 Å². The molecule has 0 radical (unpaired) electrons. The standard InChI is InChI=1S/C17H18N4O/c1-22-10-9-19-17-16(18)20-11-15(21-17)14-8-4-6-12-5-2-3-7-13(12)14/h2-8,11H,9-10H2,1H3,(H2,18,20)(H,19,21). The smallest absolute Gasteiger partial charge is 0.169 e. The molecule has 0 saturated carbocycles. The SMILES string of the molecule is COCCNc1nc(-c2cccc3ccccc23)cnc1N. The fourth-order valence-corrected chi connectivity index (χ4v) is 2.38. The van der Waals surface area contributed by atoms with Crippen molar-refractivity contribution in [2.24, 2.45) is 0 Å². The third kappa shape index (κ3) is 2.84. The molecule has 0 atom stereocenters. The van der Waals surface area contributed by atoms with Crippen LogP contribution in [0.5, 0.6) is 0 Å². The number of rotatable bonds is 5. The van der Waals surface area contributed by atoms with Gasteiger partial charge < -0.3 is 15.8 Å². The molecule has 0 spiro atoms. The number of aromatic nitrogens is 2. The van der Waals surface area contributed by atoms with Crippen LogP contribution in [-0.2, 0) is 4.74 Å². The molecule has 0 aliphatic rings. The summed E-state index contributed by atoms with van der Waals surface area (Å²) in [5.41, 5.74) is 7.72. The Morgan fingerprint density at radius 2 is 1.95 bits per heavy atom. The quantitative estimate of drug-likeness (QED) is 0.708. The topological polar surface area (TPSA) is 73.1 Å². The number of anilines is 2. The summed E-state index contributed by atoms with van der Waals surface area (Å²) < 4.78 is 5.02. The zero-order valence-corrected chi connectivity index (χ0v) is 12.4. The van der Waals surface area contributed by atoms with E-state index in [9.17, 15) is 0 Å². The second-order valence-electron chi connectivity index (χ2n) is 4.94. The lowest BCUT2D eigenvalue weighted by Crippen LogP contribution is -2.11. The molecule has 112 valence electrons. The van der Waals surface area contributed by atoms with Crippen LogP contribution in [0.15, 0.2) is 48.7 Å². The molecule has 5 heteroatoms. The first-order chi connectivity index (χ1) is 10.8. The molecule has 0 bridgehead atoms. The maximum Gasteiger partial charge on any atom is 0.169 e. The Bertz CT molecular complexity index is 783. The van der Waals surface area contributed by atoms with Gasteiger partial charge in [0.05, 0.1) is 18.5 Å². The Kier molecular flexibility index (Phi) is 4.16. The lowest BCUT2D eigenvalue weighted by Gasteiger charge is -2.10. The average Bonchev–Trinajstić information content (AvgIpc) is 2.56. The van der Waals surface area contributed by atoms with Gasteiger partial charge in [-0.2, -0.15) is 0 Å². The Morgan fingerprint density at radius 3 is 2.82 bits per heavy atom. The van der Waals surface area contributed by atoms with Gasteiger partial charge >= 0.3 is 0 Å². The van der Waals surface area contributed by atoms with E-state index < -0.39 is 0 Å². The van der Waals surface area contributed by atoms with Gasteiger partial charge in [0.15, 0.2) is 11.6 Å². The van der Waals surface area contributed by atoms with Crippen LogP contribution in [0.25, 0.3) is 22.0 Å². The van der Waals surface area contributed by atoms with Crippen molar-refractivity contribution in [3.63, 3.8) is 0 Å². The fourth-order valence-electron chi connectivity index (χ4n) is 2.38. The molecule has 0 unspecified atom stereocenters. The molecule has 3 rings (SSSR count). The number of benzene rings is 2. The number of nitrogen functional groups attached to an aromatic ring is 1. The summed E-state index contributed by atoms with van der Waals surface area (Å²) in [7, 11) is 1.66. The summed E-state index contributed by atoms with van der Waals surface area (Å²) >= 11 is 0. The minimum atomic E-state index is 0.389. The van der Waals surface area contributed by atoms with Crippen molar-refractivity contribution < 1.29 is 4.74 Å². The van der Waals surface area contributed by atoms with Crippen LogP contribution in [-0.4, -0.2) is 30.2 Å². The van der Waals surface area contributed by atoms with Crippen LogP contribution in [0.1, 0.15) is 0 Å². The van der Waals surface area contributed by atoms with Crippen LogP contribution in [0.3, 0.4) is 0 Å². The summed E-state index contributed by atoms with van der Waals surface area (Å²) in [4.78, 5) is 8.86. The van der Waals surface area contributed by atoms with Crippen molar-refractivity contribution in [2.45, 2.75) is 0 Å². The minimum absolute atomic E-state index is 0.389. The van der Waals surface area contributed by atoms with E-state index in [0.29, 0.717) is 24.8 Å². The van der Waals surface area contributed by atoms with Gasteiger partial charge in [-0.15, -0.1) is 0 Å². The third-order valence-corrected chi connectivity index (χ3v) is 3.47. The number of hydrogen-bond acceptors (Lipinski definition) is 5. The van der Waals surface area contributed by atoms with Crippen molar-refractivity contribution in [1.29, 1.82) is 0 Å². The summed E-state index contributed by atoms with van der Waals surface area (Å²) in [6.45, 7) is 1.22. The molecule has 5 nitrogen and oxygen atoms in total. The Morgan fingerprint density at radius 1 is 1.14 bits per heavy atom. The van der Waals surface area contributed by atoms with E-state index in [0.717, 1.165) is 16.6 Å². The van der Waals surface area contributed by atoms with Crippen molar-refractivity contribution in [2.75, 3.05) is 31.3 Å². The molecule has 22 heavy (non-hydrogen) atoms. The average molecular weight is 294 g/mol. The second-order valence-corrected chi connectivity index (χ2v) is 4.94. The minimum Gasteiger partial charge on any atom is -0.383 e. The Labute approximate surface area is 129 Å². The van der Waals surface area contributed by atoms with Gasteiger partial charge in [0, 0.05) is 19.2 Å². The molecule has 0 saturated heterocycles. The molecule has 0 aliphatic carbocycles. The van der Waals surface area contributed by atoms with E-state index in [1.54, 1.807) is 13.3 Å².